The molecule has 0 bridgehead atoms. The van der Waals surface area contributed by atoms with Crippen molar-refractivity contribution >= 4 is 5.91 Å². The highest BCUT2D eigenvalue weighted by Crippen LogP contribution is 2.17. The molecule has 4 heteroatoms. The summed E-state index contributed by atoms with van der Waals surface area (Å²) in [7, 11) is 0. The number of hydrogen-bond acceptors (Lipinski definition) is 3. The SMILES string of the molecule is O=C(CNC1CCCC1)N1CCC(O)CC1. The van der Waals surface area contributed by atoms with Gasteiger partial charge in [-0.25, -0.2) is 0 Å². The Kier molecular flexibility index (Phi) is 4.18. The average Bonchev–Trinajstić information content (AvgIpc) is 2.80. The smallest absolute Gasteiger partial charge is 0.236 e. The molecule has 1 aliphatic heterocycles. The third kappa shape index (κ3) is 3.19. The molecule has 0 unspecified atom stereocenters. The van der Waals surface area contributed by atoms with Crippen LogP contribution in [0.4, 0.5) is 0 Å². The summed E-state index contributed by atoms with van der Waals surface area (Å²) in [6.45, 7) is 1.90. The Morgan fingerprint density at radius 3 is 2.44 bits per heavy atom. The Morgan fingerprint density at radius 2 is 1.81 bits per heavy atom. The molecule has 92 valence electrons. The Balaban J connectivity index is 1.67. The average molecular weight is 226 g/mol. The Labute approximate surface area is 97.0 Å². The maximum Gasteiger partial charge on any atom is 0.236 e. The van der Waals surface area contributed by atoms with E-state index in [9.17, 15) is 9.90 Å². The van der Waals surface area contributed by atoms with Crippen LogP contribution < -0.4 is 5.32 Å². The first kappa shape index (κ1) is 11.9. The second-order valence-corrected chi connectivity index (χ2v) is 4.97. The molecule has 2 aliphatic rings. The van der Waals surface area contributed by atoms with E-state index in [0.29, 0.717) is 25.7 Å². The lowest BCUT2D eigenvalue weighted by molar-refractivity contribution is -0.132. The van der Waals surface area contributed by atoms with E-state index < -0.39 is 0 Å². The third-order valence-electron chi connectivity index (χ3n) is 3.71. The number of amides is 1. The van der Waals surface area contributed by atoms with Crippen LogP contribution in [0, 0.1) is 0 Å². The summed E-state index contributed by atoms with van der Waals surface area (Å²) in [5.74, 6) is 0.193. The van der Waals surface area contributed by atoms with Crippen molar-refractivity contribution in [3.8, 4) is 0 Å². The lowest BCUT2D eigenvalue weighted by Gasteiger charge is -2.30. The van der Waals surface area contributed by atoms with Gasteiger partial charge in [-0.3, -0.25) is 4.79 Å². The zero-order valence-corrected chi connectivity index (χ0v) is 9.82. The van der Waals surface area contributed by atoms with Gasteiger partial charge in [0, 0.05) is 19.1 Å². The van der Waals surface area contributed by atoms with Crippen molar-refractivity contribution in [1.29, 1.82) is 0 Å². The standard InChI is InChI=1S/C12H22N2O2/c15-11-5-7-14(8-6-11)12(16)9-13-10-3-1-2-4-10/h10-11,13,15H,1-9H2. The van der Waals surface area contributed by atoms with Gasteiger partial charge in [-0.2, -0.15) is 0 Å². The van der Waals surface area contributed by atoms with Crippen molar-refractivity contribution in [1.82, 2.24) is 10.2 Å². The molecule has 2 N–H and O–H groups in total. The molecule has 1 aliphatic carbocycles. The molecular formula is C12H22N2O2. The maximum absolute atomic E-state index is 11.8. The van der Waals surface area contributed by atoms with Gasteiger partial charge in [-0.05, 0) is 25.7 Å². The molecule has 2 fully saturated rings. The van der Waals surface area contributed by atoms with Crippen LogP contribution in [0.25, 0.3) is 0 Å². The normalized spacial score (nSPS) is 23.9. The molecule has 1 amide bonds. The summed E-state index contributed by atoms with van der Waals surface area (Å²) < 4.78 is 0. The van der Waals surface area contributed by atoms with E-state index in [2.05, 4.69) is 5.32 Å². The highest BCUT2D eigenvalue weighted by molar-refractivity contribution is 5.78. The largest absolute Gasteiger partial charge is 0.393 e. The highest BCUT2D eigenvalue weighted by atomic mass is 16.3. The first-order chi connectivity index (χ1) is 7.75. The van der Waals surface area contributed by atoms with Gasteiger partial charge >= 0.3 is 0 Å². The Bertz CT molecular complexity index is 231. The number of nitrogens with zero attached hydrogens (tertiary/aromatic N) is 1. The van der Waals surface area contributed by atoms with Gasteiger partial charge < -0.3 is 15.3 Å². The topological polar surface area (TPSA) is 52.6 Å². The molecule has 1 saturated carbocycles. The van der Waals surface area contributed by atoms with Crippen LogP contribution in [0.5, 0.6) is 0 Å². The lowest BCUT2D eigenvalue weighted by Crippen LogP contribution is -2.45. The molecule has 1 saturated heterocycles. The molecule has 4 nitrogen and oxygen atoms in total. The minimum atomic E-state index is -0.202. The van der Waals surface area contributed by atoms with E-state index in [0.717, 1.165) is 12.8 Å². The van der Waals surface area contributed by atoms with Crippen LogP contribution in [0.15, 0.2) is 0 Å². The number of likely N-dealkylation sites (tertiary alicyclic amines) is 1. The molecule has 2 rings (SSSR count). The van der Waals surface area contributed by atoms with Crippen molar-refractivity contribution in [2.75, 3.05) is 19.6 Å². The van der Waals surface area contributed by atoms with Crippen LogP contribution >= 0.6 is 0 Å². The van der Waals surface area contributed by atoms with Gasteiger partial charge in [0.05, 0.1) is 12.6 Å². The van der Waals surface area contributed by atoms with Crippen molar-refractivity contribution in [3.63, 3.8) is 0 Å². The fourth-order valence-corrected chi connectivity index (χ4v) is 2.59. The predicted molar refractivity (Wildman–Crippen MR) is 62.1 cm³/mol. The van der Waals surface area contributed by atoms with Gasteiger partial charge in [0.15, 0.2) is 0 Å². The van der Waals surface area contributed by atoms with Crippen molar-refractivity contribution < 1.29 is 9.90 Å². The van der Waals surface area contributed by atoms with Gasteiger partial charge in [0.1, 0.15) is 0 Å². The molecule has 0 radical (unpaired) electrons. The maximum atomic E-state index is 11.8. The minimum absolute atomic E-state index is 0.193. The molecule has 16 heavy (non-hydrogen) atoms. The monoisotopic (exact) mass is 226 g/mol. The number of nitrogens with one attached hydrogen (secondary N) is 1. The lowest BCUT2D eigenvalue weighted by atomic mass is 10.1. The van der Waals surface area contributed by atoms with Crippen molar-refractivity contribution in [2.24, 2.45) is 0 Å². The second-order valence-electron chi connectivity index (χ2n) is 4.97. The minimum Gasteiger partial charge on any atom is -0.393 e. The summed E-state index contributed by atoms with van der Waals surface area (Å²) in [5, 5.41) is 12.7. The zero-order valence-electron chi connectivity index (χ0n) is 9.82. The highest BCUT2D eigenvalue weighted by Gasteiger charge is 2.22. The summed E-state index contributed by atoms with van der Waals surface area (Å²) in [6, 6.07) is 0.555. The molecule has 0 spiro atoms. The number of rotatable bonds is 3. The predicted octanol–water partition coefficient (Wildman–Crippen LogP) is 0.502. The van der Waals surface area contributed by atoms with Gasteiger partial charge in [-0.1, -0.05) is 12.8 Å². The number of carbonyl (C=O) groups excluding carboxylic acids is 1. The van der Waals surface area contributed by atoms with E-state index in [1.165, 1.54) is 25.7 Å². The Hall–Kier alpha value is -0.610. The van der Waals surface area contributed by atoms with E-state index in [-0.39, 0.29) is 12.0 Å². The zero-order chi connectivity index (χ0) is 11.4. The van der Waals surface area contributed by atoms with E-state index in [4.69, 9.17) is 0 Å². The van der Waals surface area contributed by atoms with Crippen LogP contribution in [0.1, 0.15) is 38.5 Å². The van der Waals surface area contributed by atoms with Crippen LogP contribution in [-0.4, -0.2) is 47.7 Å². The molecular weight excluding hydrogens is 204 g/mol. The van der Waals surface area contributed by atoms with Crippen LogP contribution in [0.3, 0.4) is 0 Å². The summed E-state index contributed by atoms with van der Waals surface area (Å²) in [6.07, 6.45) is 6.28. The van der Waals surface area contributed by atoms with Gasteiger partial charge in [-0.15, -0.1) is 0 Å². The number of aliphatic hydroxyl groups is 1. The summed E-state index contributed by atoms with van der Waals surface area (Å²) in [4.78, 5) is 13.7. The van der Waals surface area contributed by atoms with E-state index in [1.807, 2.05) is 4.90 Å². The first-order valence-corrected chi connectivity index (χ1v) is 6.45. The molecule has 0 aromatic rings. The Morgan fingerprint density at radius 1 is 1.19 bits per heavy atom. The van der Waals surface area contributed by atoms with Gasteiger partial charge in [0.25, 0.3) is 0 Å². The number of piperidine rings is 1. The van der Waals surface area contributed by atoms with Crippen LogP contribution in [0.2, 0.25) is 0 Å². The number of hydrogen-bond donors (Lipinski definition) is 2. The van der Waals surface area contributed by atoms with Crippen molar-refractivity contribution in [2.45, 2.75) is 50.7 Å². The molecule has 1 heterocycles. The second kappa shape index (κ2) is 5.64. The molecule has 0 aromatic carbocycles. The first-order valence-electron chi connectivity index (χ1n) is 6.45. The van der Waals surface area contributed by atoms with Crippen LogP contribution in [-0.2, 0) is 4.79 Å². The van der Waals surface area contributed by atoms with Crippen molar-refractivity contribution in [3.05, 3.63) is 0 Å². The third-order valence-corrected chi connectivity index (χ3v) is 3.71. The molecule has 0 aromatic heterocycles. The quantitative estimate of drug-likeness (QED) is 0.737. The van der Waals surface area contributed by atoms with Gasteiger partial charge in [0.2, 0.25) is 5.91 Å². The van der Waals surface area contributed by atoms with E-state index >= 15 is 0 Å². The molecule has 0 atom stereocenters. The summed E-state index contributed by atoms with van der Waals surface area (Å²) in [5.41, 5.74) is 0. The number of aliphatic hydroxyl groups excluding tert-OH is 1. The van der Waals surface area contributed by atoms with E-state index in [1.54, 1.807) is 0 Å². The number of carbonyl (C=O) groups is 1. The fourth-order valence-electron chi connectivity index (χ4n) is 2.59. The summed E-state index contributed by atoms with van der Waals surface area (Å²) >= 11 is 0. The fraction of sp³-hybridized carbons (Fsp3) is 0.917.